The third-order valence-electron chi connectivity index (χ3n) is 4.05. The molecule has 2 aromatic carbocycles. The van der Waals surface area contributed by atoms with Crippen LogP contribution in [-0.2, 0) is 15.1 Å². The van der Waals surface area contributed by atoms with Gasteiger partial charge in [-0.25, -0.2) is 4.98 Å². The van der Waals surface area contributed by atoms with E-state index in [0.717, 1.165) is 16.8 Å². The third kappa shape index (κ3) is 2.41. The van der Waals surface area contributed by atoms with Crippen LogP contribution in [0.3, 0.4) is 0 Å². The maximum absolute atomic E-state index is 12.1. The molecule has 120 valence electrons. The number of ether oxygens (including phenoxy) is 1. The van der Waals surface area contributed by atoms with Crippen molar-refractivity contribution in [1.82, 2.24) is 4.98 Å². The van der Waals surface area contributed by atoms with Crippen molar-refractivity contribution in [2.75, 3.05) is 0 Å². The number of rotatable bonds is 4. The van der Waals surface area contributed by atoms with Gasteiger partial charge in [-0.3, -0.25) is 4.79 Å². The fourth-order valence-electron chi connectivity index (χ4n) is 2.74. The molecule has 24 heavy (non-hydrogen) atoms. The molecule has 1 aromatic heterocycles. The second kappa shape index (κ2) is 5.70. The lowest BCUT2D eigenvalue weighted by Gasteiger charge is -2.05. The number of primary amides is 1. The molecular weight excluding hydrogens is 344 g/mol. The normalized spacial score (nSPS) is 22.3. The molecule has 0 bridgehead atoms. The van der Waals surface area contributed by atoms with E-state index in [4.69, 9.17) is 22.1 Å². The number of thiazole rings is 1. The van der Waals surface area contributed by atoms with Crippen LogP contribution in [0.25, 0.3) is 11.3 Å². The van der Waals surface area contributed by atoms with Gasteiger partial charge in [0.15, 0.2) is 0 Å². The molecule has 3 aromatic rings. The smallest absolute Gasteiger partial charge is 0.260 e. The van der Waals surface area contributed by atoms with Gasteiger partial charge in [0.1, 0.15) is 11.1 Å². The van der Waals surface area contributed by atoms with E-state index >= 15 is 0 Å². The van der Waals surface area contributed by atoms with Gasteiger partial charge in [-0.15, -0.1) is 11.3 Å². The number of benzene rings is 2. The van der Waals surface area contributed by atoms with Gasteiger partial charge in [0.2, 0.25) is 5.60 Å². The van der Waals surface area contributed by atoms with E-state index in [1.54, 1.807) is 12.1 Å². The number of aromatic nitrogens is 1. The fraction of sp³-hybridized carbons (Fsp3) is 0.111. The Labute approximate surface area is 147 Å². The predicted molar refractivity (Wildman–Crippen MR) is 93.7 cm³/mol. The zero-order valence-electron chi connectivity index (χ0n) is 12.5. The van der Waals surface area contributed by atoms with Crippen molar-refractivity contribution >= 4 is 28.8 Å². The quantitative estimate of drug-likeness (QED) is 0.720. The highest BCUT2D eigenvalue weighted by Gasteiger charge is 2.65. The molecule has 4 nitrogen and oxygen atoms in total. The number of epoxide rings is 1. The molecule has 0 radical (unpaired) electrons. The van der Waals surface area contributed by atoms with E-state index in [1.165, 1.54) is 11.3 Å². The topological polar surface area (TPSA) is 68.5 Å². The van der Waals surface area contributed by atoms with Crippen molar-refractivity contribution in [3.8, 4) is 11.3 Å². The number of nitrogens with zero attached hydrogens (tertiary/aromatic N) is 1. The largest absolute Gasteiger partial charge is 0.367 e. The van der Waals surface area contributed by atoms with Crippen molar-refractivity contribution in [2.24, 2.45) is 5.73 Å². The van der Waals surface area contributed by atoms with Crippen LogP contribution in [0.1, 0.15) is 16.7 Å². The zero-order chi connectivity index (χ0) is 16.7. The van der Waals surface area contributed by atoms with Gasteiger partial charge >= 0.3 is 0 Å². The molecule has 0 saturated carbocycles. The van der Waals surface area contributed by atoms with Crippen molar-refractivity contribution in [3.05, 3.63) is 75.6 Å². The average Bonchev–Trinajstić information content (AvgIpc) is 3.18. The summed E-state index contributed by atoms with van der Waals surface area (Å²) in [4.78, 5) is 16.7. The van der Waals surface area contributed by atoms with Crippen LogP contribution < -0.4 is 5.73 Å². The van der Waals surface area contributed by atoms with Crippen LogP contribution in [0, 0.1) is 0 Å². The highest BCUT2D eigenvalue weighted by atomic mass is 35.5. The first-order valence-electron chi connectivity index (χ1n) is 7.36. The van der Waals surface area contributed by atoms with Crippen LogP contribution >= 0.6 is 22.9 Å². The van der Waals surface area contributed by atoms with Crippen molar-refractivity contribution in [1.29, 1.82) is 0 Å². The Morgan fingerprint density at radius 3 is 2.54 bits per heavy atom. The maximum Gasteiger partial charge on any atom is 0.260 e. The van der Waals surface area contributed by atoms with E-state index in [0.29, 0.717) is 10.0 Å². The predicted octanol–water partition coefficient (Wildman–Crippen LogP) is 3.92. The van der Waals surface area contributed by atoms with E-state index < -0.39 is 11.5 Å². The summed E-state index contributed by atoms with van der Waals surface area (Å²) >= 11 is 7.29. The summed E-state index contributed by atoms with van der Waals surface area (Å²) < 4.78 is 5.76. The summed E-state index contributed by atoms with van der Waals surface area (Å²) in [6.07, 6.45) is -0.389. The van der Waals surface area contributed by atoms with Crippen LogP contribution in [0.5, 0.6) is 0 Å². The van der Waals surface area contributed by atoms with Crippen LogP contribution in [-0.4, -0.2) is 10.9 Å². The Balaban J connectivity index is 1.69. The fourth-order valence-corrected chi connectivity index (χ4v) is 3.86. The lowest BCUT2D eigenvalue weighted by atomic mass is 9.99. The highest BCUT2D eigenvalue weighted by molar-refractivity contribution is 7.10. The minimum absolute atomic E-state index is 0.389. The van der Waals surface area contributed by atoms with Gasteiger partial charge in [-0.05, 0) is 17.7 Å². The van der Waals surface area contributed by atoms with Crippen molar-refractivity contribution < 1.29 is 9.53 Å². The van der Waals surface area contributed by atoms with Gasteiger partial charge in [0, 0.05) is 16.0 Å². The summed E-state index contributed by atoms with van der Waals surface area (Å²) in [7, 11) is 0. The maximum atomic E-state index is 12.1. The molecule has 1 fully saturated rings. The lowest BCUT2D eigenvalue weighted by Crippen LogP contribution is -2.30. The standard InChI is InChI=1S/C18H13ClN2O2S/c19-13-8-6-11(7-9-13)14-10-24-17(21-14)18(16(20)22)15(23-18)12-4-2-1-3-5-12/h1-10,15H,(H2,20,22)/t15-,18-/m0/s1. The summed E-state index contributed by atoms with van der Waals surface area (Å²) in [5.74, 6) is -0.520. The molecule has 1 aliphatic heterocycles. The minimum atomic E-state index is -1.17. The Kier molecular flexibility index (Phi) is 3.64. The van der Waals surface area contributed by atoms with E-state index in [-0.39, 0.29) is 6.10 Å². The molecule has 0 spiro atoms. The Bertz CT molecular complexity index is 895. The number of hydrogen-bond acceptors (Lipinski definition) is 4. The summed E-state index contributed by atoms with van der Waals surface area (Å²) in [5.41, 5.74) is 7.09. The molecule has 2 N–H and O–H groups in total. The molecular formula is C18H13ClN2O2S. The molecule has 1 amide bonds. The molecule has 2 heterocycles. The zero-order valence-corrected chi connectivity index (χ0v) is 14.1. The average molecular weight is 357 g/mol. The summed E-state index contributed by atoms with van der Waals surface area (Å²) in [5, 5.41) is 3.14. The number of carbonyl (C=O) groups is 1. The second-order valence-corrected chi connectivity index (χ2v) is 6.85. The first kappa shape index (κ1) is 15.3. The number of hydrogen-bond donors (Lipinski definition) is 1. The third-order valence-corrected chi connectivity index (χ3v) is 5.26. The van der Waals surface area contributed by atoms with Gasteiger partial charge in [0.05, 0.1) is 5.69 Å². The number of nitrogens with two attached hydrogens (primary N) is 1. The molecule has 1 aliphatic rings. The van der Waals surface area contributed by atoms with Crippen LogP contribution in [0.2, 0.25) is 5.02 Å². The summed E-state index contributed by atoms with van der Waals surface area (Å²) in [6, 6.07) is 17.0. The van der Waals surface area contributed by atoms with Gasteiger partial charge < -0.3 is 10.5 Å². The first-order valence-corrected chi connectivity index (χ1v) is 8.61. The van der Waals surface area contributed by atoms with E-state index in [9.17, 15) is 4.79 Å². The van der Waals surface area contributed by atoms with Crippen LogP contribution in [0.15, 0.2) is 60.0 Å². The monoisotopic (exact) mass is 356 g/mol. The number of amides is 1. The molecule has 4 rings (SSSR count). The SMILES string of the molecule is NC(=O)[C@@]1(c2nc(-c3ccc(Cl)cc3)cs2)O[C@H]1c1ccccc1. The Morgan fingerprint density at radius 1 is 1.17 bits per heavy atom. The lowest BCUT2D eigenvalue weighted by molar-refractivity contribution is -0.123. The van der Waals surface area contributed by atoms with Gasteiger partial charge in [-0.1, -0.05) is 54.1 Å². The number of halogens is 1. The van der Waals surface area contributed by atoms with E-state index in [2.05, 4.69) is 4.98 Å². The molecule has 0 aliphatic carbocycles. The molecule has 1 saturated heterocycles. The minimum Gasteiger partial charge on any atom is -0.367 e. The van der Waals surface area contributed by atoms with Gasteiger partial charge in [-0.2, -0.15) is 0 Å². The first-order chi connectivity index (χ1) is 11.6. The Hall–Kier alpha value is -2.21. The van der Waals surface area contributed by atoms with Crippen LogP contribution in [0.4, 0.5) is 0 Å². The highest BCUT2D eigenvalue weighted by Crippen LogP contribution is 2.57. The second-order valence-electron chi connectivity index (χ2n) is 5.55. The molecule has 6 heteroatoms. The van der Waals surface area contributed by atoms with Crippen molar-refractivity contribution in [2.45, 2.75) is 11.7 Å². The molecule has 0 unspecified atom stereocenters. The van der Waals surface area contributed by atoms with Crippen molar-refractivity contribution in [3.63, 3.8) is 0 Å². The Morgan fingerprint density at radius 2 is 1.88 bits per heavy atom. The van der Waals surface area contributed by atoms with Gasteiger partial charge in [0.25, 0.3) is 5.91 Å². The summed E-state index contributed by atoms with van der Waals surface area (Å²) in [6.45, 7) is 0. The van der Waals surface area contributed by atoms with E-state index in [1.807, 2.05) is 47.8 Å². The number of carbonyl (C=O) groups excluding carboxylic acids is 1. The molecule has 2 atom stereocenters.